The van der Waals surface area contributed by atoms with Gasteiger partial charge < -0.3 is 10.1 Å². The summed E-state index contributed by atoms with van der Waals surface area (Å²) in [6, 6.07) is 20.3. The van der Waals surface area contributed by atoms with Crippen LogP contribution in [0.4, 0.5) is 10.1 Å². The molecule has 0 saturated heterocycles. The molecule has 158 valence electrons. The van der Waals surface area contributed by atoms with Gasteiger partial charge in [0.2, 0.25) is 5.91 Å². The number of carbonyl (C=O) groups excluding carboxylic acids is 2. The number of halogens is 1. The molecule has 0 radical (unpaired) electrons. The highest BCUT2D eigenvalue weighted by Gasteiger charge is 2.47. The Balaban J connectivity index is 1.66. The standard InChI is InChI=1S/C25H23FN2O3/c1-25(24(30)27-16-17-7-13-21(31-2)14-8-17)15-18-5-3-4-6-22(18)23(29)28(25)20-11-9-19(26)10-12-20/h3-14H,15-16H2,1-2H3,(H,27,30)/t25-/m1/s1. The summed E-state index contributed by atoms with van der Waals surface area (Å²) in [4.78, 5) is 28.3. The summed E-state index contributed by atoms with van der Waals surface area (Å²) >= 11 is 0. The number of nitrogens with zero attached hydrogens (tertiary/aromatic N) is 1. The Morgan fingerprint density at radius 3 is 2.42 bits per heavy atom. The lowest BCUT2D eigenvalue weighted by atomic mass is 9.82. The molecule has 0 spiro atoms. The van der Waals surface area contributed by atoms with E-state index in [0.717, 1.165) is 16.9 Å². The highest BCUT2D eigenvalue weighted by atomic mass is 19.1. The van der Waals surface area contributed by atoms with Crippen molar-refractivity contribution in [2.75, 3.05) is 12.0 Å². The molecular formula is C25H23FN2O3. The molecule has 1 N–H and O–H groups in total. The van der Waals surface area contributed by atoms with Crippen molar-refractivity contribution in [1.29, 1.82) is 0 Å². The van der Waals surface area contributed by atoms with Gasteiger partial charge in [-0.05, 0) is 60.5 Å². The monoisotopic (exact) mass is 418 g/mol. The summed E-state index contributed by atoms with van der Waals surface area (Å²) in [5.74, 6) is -0.232. The average molecular weight is 418 g/mol. The molecule has 3 aromatic carbocycles. The van der Waals surface area contributed by atoms with Crippen molar-refractivity contribution in [3.8, 4) is 5.75 Å². The molecule has 3 aromatic rings. The van der Waals surface area contributed by atoms with Gasteiger partial charge in [0.05, 0.1) is 7.11 Å². The van der Waals surface area contributed by atoms with Gasteiger partial charge in [-0.15, -0.1) is 0 Å². The van der Waals surface area contributed by atoms with Gasteiger partial charge in [0.15, 0.2) is 0 Å². The molecule has 1 aliphatic rings. The van der Waals surface area contributed by atoms with Gasteiger partial charge in [-0.25, -0.2) is 4.39 Å². The zero-order valence-electron chi connectivity index (χ0n) is 17.4. The Morgan fingerprint density at radius 2 is 1.74 bits per heavy atom. The van der Waals surface area contributed by atoms with Crippen LogP contribution in [0.3, 0.4) is 0 Å². The first-order chi connectivity index (χ1) is 14.9. The van der Waals surface area contributed by atoms with E-state index in [0.29, 0.717) is 24.2 Å². The van der Waals surface area contributed by atoms with E-state index in [9.17, 15) is 14.0 Å². The quantitative estimate of drug-likeness (QED) is 0.678. The second kappa shape index (κ2) is 8.22. The van der Waals surface area contributed by atoms with Gasteiger partial charge in [-0.2, -0.15) is 0 Å². The van der Waals surface area contributed by atoms with Crippen molar-refractivity contribution < 1.29 is 18.7 Å². The van der Waals surface area contributed by atoms with Crippen LogP contribution in [0, 0.1) is 5.82 Å². The van der Waals surface area contributed by atoms with E-state index in [-0.39, 0.29) is 11.8 Å². The Bertz CT molecular complexity index is 1110. The third-order valence-electron chi connectivity index (χ3n) is 5.67. The molecule has 31 heavy (non-hydrogen) atoms. The highest BCUT2D eigenvalue weighted by molar-refractivity contribution is 6.14. The molecule has 5 nitrogen and oxygen atoms in total. The van der Waals surface area contributed by atoms with E-state index in [2.05, 4.69) is 5.32 Å². The SMILES string of the molecule is COc1ccc(CNC(=O)[C@@]2(C)Cc3ccccc3C(=O)N2c2ccc(F)cc2)cc1. The summed E-state index contributed by atoms with van der Waals surface area (Å²) in [5, 5.41) is 2.96. The van der Waals surface area contributed by atoms with Crippen LogP contribution in [0.25, 0.3) is 0 Å². The predicted molar refractivity (Wildman–Crippen MR) is 117 cm³/mol. The van der Waals surface area contributed by atoms with Crippen molar-refractivity contribution in [1.82, 2.24) is 5.32 Å². The molecule has 0 saturated carbocycles. The third kappa shape index (κ3) is 3.89. The normalized spacial score (nSPS) is 17.8. The second-order valence-corrected chi connectivity index (χ2v) is 7.76. The minimum atomic E-state index is -1.17. The molecule has 2 amide bonds. The fourth-order valence-corrected chi connectivity index (χ4v) is 3.97. The molecule has 1 heterocycles. The van der Waals surface area contributed by atoms with Crippen molar-refractivity contribution in [2.45, 2.75) is 25.4 Å². The third-order valence-corrected chi connectivity index (χ3v) is 5.67. The van der Waals surface area contributed by atoms with Crippen LogP contribution in [0.1, 0.15) is 28.4 Å². The van der Waals surface area contributed by atoms with Gasteiger partial charge in [-0.1, -0.05) is 30.3 Å². The van der Waals surface area contributed by atoms with Crippen LogP contribution in [0.15, 0.2) is 72.8 Å². The van der Waals surface area contributed by atoms with Gasteiger partial charge >= 0.3 is 0 Å². The highest BCUT2D eigenvalue weighted by Crippen LogP contribution is 2.35. The van der Waals surface area contributed by atoms with Crippen molar-refractivity contribution in [3.05, 3.63) is 95.3 Å². The number of hydrogen-bond acceptors (Lipinski definition) is 3. The molecule has 0 aromatic heterocycles. The molecule has 4 rings (SSSR count). The Morgan fingerprint density at radius 1 is 1.06 bits per heavy atom. The molecule has 1 aliphatic heterocycles. The van der Waals surface area contributed by atoms with Crippen LogP contribution in [-0.2, 0) is 17.8 Å². The number of ether oxygens (including phenoxy) is 1. The molecule has 6 heteroatoms. The maximum atomic E-state index is 13.5. The van der Waals surface area contributed by atoms with E-state index >= 15 is 0 Å². The number of anilines is 1. The summed E-state index contributed by atoms with van der Waals surface area (Å²) in [6.45, 7) is 2.05. The molecule has 0 unspecified atom stereocenters. The van der Waals surface area contributed by atoms with Crippen LogP contribution in [0.5, 0.6) is 5.75 Å². The van der Waals surface area contributed by atoms with E-state index in [1.54, 1.807) is 26.2 Å². The maximum Gasteiger partial charge on any atom is 0.259 e. The van der Waals surface area contributed by atoms with Crippen molar-refractivity contribution >= 4 is 17.5 Å². The smallest absolute Gasteiger partial charge is 0.259 e. The zero-order valence-corrected chi connectivity index (χ0v) is 17.4. The van der Waals surface area contributed by atoms with Crippen molar-refractivity contribution in [2.24, 2.45) is 0 Å². The lowest BCUT2D eigenvalue weighted by Gasteiger charge is -2.44. The number of nitrogens with one attached hydrogen (secondary N) is 1. The maximum absolute atomic E-state index is 13.5. The van der Waals surface area contributed by atoms with Gasteiger partial charge in [-0.3, -0.25) is 14.5 Å². The topological polar surface area (TPSA) is 58.6 Å². The second-order valence-electron chi connectivity index (χ2n) is 7.76. The van der Waals surface area contributed by atoms with Crippen molar-refractivity contribution in [3.63, 3.8) is 0 Å². The van der Waals surface area contributed by atoms with E-state index in [1.807, 2.05) is 36.4 Å². The number of benzene rings is 3. The first kappa shape index (κ1) is 20.6. The molecule has 1 atom stereocenters. The Hall–Kier alpha value is -3.67. The minimum absolute atomic E-state index is 0.282. The predicted octanol–water partition coefficient (Wildman–Crippen LogP) is 4.11. The number of rotatable bonds is 5. The average Bonchev–Trinajstić information content (AvgIpc) is 2.79. The van der Waals surface area contributed by atoms with E-state index < -0.39 is 11.4 Å². The zero-order chi connectivity index (χ0) is 22.0. The van der Waals surface area contributed by atoms with Crippen LogP contribution >= 0.6 is 0 Å². The number of fused-ring (bicyclic) bond motifs is 1. The van der Waals surface area contributed by atoms with Crippen LogP contribution < -0.4 is 15.0 Å². The van der Waals surface area contributed by atoms with Crippen LogP contribution in [-0.4, -0.2) is 24.5 Å². The van der Waals surface area contributed by atoms with Gasteiger partial charge in [0.25, 0.3) is 5.91 Å². The van der Waals surface area contributed by atoms with E-state index in [4.69, 9.17) is 4.74 Å². The molecular weight excluding hydrogens is 395 g/mol. The lowest BCUT2D eigenvalue weighted by molar-refractivity contribution is -0.126. The van der Waals surface area contributed by atoms with Gasteiger partial charge in [0.1, 0.15) is 17.1 Å². The first-order valence-electron chi connectivity index (χ1n) is 10.0. The number of methoxy groups -OCH3 is 1. The number of amides is 2. The fourth-order valence-electron chi connectivity index (χ4n) is 3.97. The summed E-state index contributed by atoms with van der Waals surface area (Å²) < 4.78 is 18.7. The Kier molecular flexibility index (Phi) is 5.46. The first-order valence-corrected chi connectivity index (χ1v) is 10.0. The summed E-state index contributed by atoms with van der Waals surface area (Å²) in [7, 11) is 1.60. The molecule has 0 bridgehead atoms. The molecule has 0 fully saturated rings. The van der Waals surface area contributed by atoms with Crippen LogP contribution in [0.2, 0.25) is 0 Å². The summed E-state index contributed by atoms with van der Waals surface area (Å²) in [5.41, 5.74) is 1.58. The number of carbonyl (C=O) groups is 2. The Labute approximate surface area is 180 Å². The van der Waals surface area contributed by atoms with E-state index in [1.165, 1.54) is 29.2 Å². The summed E-state index contributed by atoms with van der Waals surface area (Å²) in [6.07, 6.45) is 0.348. The minimum Gasteiger partial charge on any atom is -0.497 e. The molecule has 0 aliphatic carbocycles. The van der Waals surface area contributed by atoms with Gasteiger partial charge in [0, 0.05) is 24.2 Å². The largest absolute Gasteiger partial charge is 0.497 e. The fraction of sp³-hybridized carbons (Fsp3) is 0.200. The lowest BCUT2D eigenvalue weighted by Crippen LogP contribution is -2.63. The number of hydrogen-bond donors (Lipinski definition) is 1.